The third-order valence-corrected chi connectivity index (χ3v) is 5.55. The molecule has 0 bridgehead atoms. The van der Waals surface area contributed by atoms with E-state index >= 15 is 0 Å². The lowest BCUT2D eigenvalue weighted by molar-refractivity contribution is 0.0696. The van der Waals surface area contributed by atoms with Gasteiger partial charge < -0.3 is 15.5 Å². The lowest BCUT2D eigenvalue weighted by Gasteiger charge is -2.11. The van der Waals surface area contributed by atoms with E-state index in [1.54, 1.807) is 54.6 Å². The van der Waals surface area contributed by atoms with Gasteiger partial charge in [-0.15, -0.1) is 0 Å². The first-order valence-electron chi connectivity index (χ1n) is 10.0. The van der Waals surface area contributed by atoms with Gasteiger partial charge in [0.1, 0.15) is 5.75 Å². The Morgan fingerprint density at radius 1 is 0.812 bits per heavy atom. The molecule has 0 radical (unpaired) electrons. The number of rotatable bonds is 6. The fourth-order valence-corrected chi connectivity index (χ4v) is 3.63. The minimum absolute atomic E-state index is 0.108. The van der Waals surface area contributed by atoms with E-state index in [9.17, 15) is 14.7 Å². The van der Waals surface area contributed by atoms with Crippen molar-refractivity contribution in [1.82, 2.24) is 5.32 Å². The summed E-state index contributed by atoms with van der Waals surface area (Å²) < 4.78 is 0. The molecule has 160 valence electrons. The summed E-state index contributed by atoms with van der Waals surface area (Å²) in [6.45, 7) is 0.367. The molecule has 0 aliphatic rings. The largest absolute Gasteiger partial charge is 0.507 e. The average Bonchev–Trinajstić information content (AvgIpc) is 2.80. The molecule has 32 heavy (non-hydrogen) atoms. The predicted molar refractivity (Wildman–Crippen MR) is 124 cm³/mol. The number of amides is 1. The molecule has 5 nitrogen and oxygen atoms in total. The third kappa shape index (κ3) is 4.74. The Balaban J connectivity index is 1.54. The first-order valence-corrected chi connectivity index (χ1v) is 10.4. The van der Waals surface area contributed by atoms with E-state index in [-0.39, 0.29) is 17.2 Å². The monoisotopic (exact) mass is 445 g/mol. The molecule has 1 amide bonds. The summed E-state index contributed by atoms with van der Waals surface area (Å²) in [5.41, 5.74) is 3.17. The second-order valence-corrected chi connectivity index (χ2v) is 7.93. The Kier molecular flexibility index (Phi) is 6.10. The van der Waals surface area contributed by atoms with Crippen LogP contribution in [0.5, 0.6) is 5.75 Å². The van der Waals surface area contributed by atoms with Crippen LogP contribution < -0.4 is 5.32 Å². The number of carbonyl (C=O) groups is 2. The number of nitrogens with one attached hydrogen (secondary N) is 1. The second-order valence-electron chi connectivity index (χ2n) is 7.50. The van der Waals surface area contributed by atoms with Crippen LogP contribution in [0, 0.1) is 0 Å². The van der Waals surface area contributed by atoms with Crippen molar-refractivity contribution >= 4 is 34.2 Å². The van der Waals surface area contributed by atoms with Crippen molar-refractivity contribution in [2.45, 2.75) is 13.0 Å². The predicted octanol–water partition coefficient (Wildman–Crippen LogP) is 5.42. The maximum Gasteiger partial charge on any atom is 0.335 e. The van der Waals surface area contributed by atoms with E-state index in [0.29, 0.717) is 34.5 Å². The van der Waals surface area contributed by atoms with Crippen molar-refractivity contribution in [1.29, 1.82) is 0 Å². The Hall–Kier alpha value is -3.83. The van der Waals surface area contributed by atoms with Gasteiger partial charge in [0.25, 0.3) is 5.91 Å². The molecule has 0 saturated carbocycles. The van der Waals surface area contributed by atoms with Crippen molar-refractivity contribution in [3.05, 3.63) is 112 Å². The summed E-state index contributed by atoms with van der Waals surface area (Å²) in [6.07, 6.45) is 0.439. The van der Waals surface area contributed by atoms with Gasteiger partial charge in [0, 0.05) is 28.9 Å². The number of benzene rings is 4. The first kappa shape index (κ1) is 21.4. The van der Waals surface area contributed by atoms with Crippen LogP contribution in [0.2, 0.25) is 5.02 Å². The van der Waals surface area contributed by atoms with Gasteiger partial charge in [0.05, 0.1) is 5.56 Å². The van der Waals surface area contributed by atoms with Gasteiger partial charge in [-0.05, 0) is 58.5 Å². The molecule has 0 aromatic heterocycles. The number of carboxylic acids is 1. The smallest absolute Gasteiger partial charge is 0.335 e. The topological polar surface area (TPSA) is 86.6 Å². The Morgan fingerprint density at radius 3 is 2.12 bits per heavy atom. The Labute approximate surface area is 189 Å². The lowest BCUT2D eigenvalue weighted by atomic mass is 9.98. The summed E-state index contributed by atoms with van der Waals surface area (Å²) in [5, 5.41) is 24.8. The quantitative estimate of drug-likeness (QED) is 0.370. The maximum absolute atomic E-state index is 12.6. The maximum atomic E-state index is 12.6. The molecule has 0 fully saturated rings. The van der Waals surface area contributed by atoms with E-state index in [0.717, 1.165) is 16.5 Å². The van der Waals surface area contributed by atoms with E-state index in [2.05, 4.69) is 5.32 Å². The van der Waals surface area contributed by atoms with Crippen molar-refractivity contribution in [2.24, 2.45) is 0 Å². The molecular formula is C26H20ClNO4. The number of phenols is 1. The third-order valence-electron chi connectivity index (χ3n) is 5.30. The number of carboxylic acid groups (broad SMARTS) is 1. The summed E-state index contributed by atoms with van der Waals surface area (Å²) in [6, 6.07) is 22.7. The molecule has 4 aromatic carbocycles. The van der Waals surface area contributed by atoms with Gasteiger partial charge in [-0.2, -0.15) is 0 Å². The van der Waals surface area contributed by atoms with Crippen LogP contribution in [0.1, 0.15) is 37.4 Å². The van der Waals surface area contributed by atoms with Gasteiger partial charge >= 0.3 is 5.97 Å². The molecule has 0 unspecified atom stereocenters. The summed E-state index contributed by atoms with van der Waals surface area (Å²) in [4.78, 5) is 23.7. The Morgan fingerprint density at radius 2 is 1.44 bits per heavy atom. The average molecular weight is 446 g/mol. The van der Waals surface area contributed by atoms with Crippen LogP contribution >= 0.6 is 11.6 Å². The zero-order chi connectivity index (χ0) is 22.7. The number of carbonyl (C=O) groups excluding carboxylic acids is 1. The number of aromatic carboxylic acids is 1. The minimum Gasteiger partial charge on any atom is -0.507 e. The van der Waals surface area contributed by atoms with Crippen molar-refractivity contribution < 1.29 is 19.8 Å². The fourth-order valence-electron chi connectivity index (χ4n) is 3.50. The van der Waals surface area contributed by atoms with Crippen molar-refractivity contribution in [3.63, 3.8) is 0 Å². The summed E-state index contributed by atoms with van der Waals surface area (Å²) in [5.74, 6) is -1.11. The van der Waals surface area contributed by atoms with Gasteiger partial charge in [-0.1, -0.05) is 54.1 Å². The van der Waals surface area contributed by atoms with Crippen LogP contribution in [0.4, 0.5) is 0 Å². The van der Waals surface area contributed by atoms with Crippen molar-refractivity contribution in [2.75, 3.05) is 0 Å². The molecule has 4 rings (SSSR count). The van der Waals surface area contributed by atoms with Gasteiger partial charge in [0.2, 0.25) is 0 Å². The molecule has 0 aliphatic heterocycles. The van der Waals surface area contributed by atoms with Crippen LogP contribution in [-0.2, 0) is 13.0 Å². The van der Waals surface area contributed by atoms with E-state index < -0.39 is 5.97 Å². The molecule has 0 heterocycles. The molecular weight excluding hydrogens is 426 g/mol. The zero-order valence-electron chi connectivity index (χ0n) is 17.0. The molecule has 6 heteroatoms. The number of phenolic OH excluding ortho intramolecular Hbond substituents is 1. The highest BCUT2D eigenvalue weighted by Crippen LogP contribution is 2.31. The standard InChI is InChI=1S/C26H20ClNO4/c27-22-11-3-17(4-12-22)15-28-25(30)21-10-8-18-7-9-20(24(29)23(18)14-21)13-16-1-5-19(6-2-16)26(31)32/h1-12,14,29H,13,15H2,(H,28,30)(H,31,32). The highest BCUT2D eigenvalue weighted by molar-refractivity contribution is 6.30. The van der Waals surface area contributed by atoms with E-state index in [1.165, 1.54) is 0 Å². The zero-order valence-corrected chi connectivity index (χ0v) is 17.8. The number of aromatic hydroxyl groups is 1. The number of fused-ring (bicyclic) bond motifs is 1. The molecule has 0 saturated heterocycles. The molecule has 4 aromatic rings. The van der Waals surface area contributed by atoms with Gasteiger partial charge in [-0.3, -0.25) is 4.79 Å². The first-order chi connectivity index (χ1) is 15.4. The van der Waals surface area contributed by atoms with Crippen LogP contribution in [0.15, 0.2) is 78.9 Å². The Bertz CT molecular complexity index is 1300. The number of hydrogen-bond donors (Lipinski definition) is 3. The lowest BCUT2D eigenvalue weighted by Crippen LogP contribution is -2.22. The number of halogens is 1. The summed E-state index contributed by atoms with van der Waals surface area (Å²) >= 11 is 5.89. The van der Waals surface area contributed by atoms with Gasteiger partial charge in [0.15, 0.2) is 0 Å². The van der Waals surface area contributed by atoms with E-state index in [4.69, 9.17) is 16.7 Å². The molecule has 0 spiro atoms. The SMILES string of the molecule is O=C(O)c1ccc(Cc2ccc3ccc(C(=O)NCc4ccc(Cl)cc4)cc3c2O)cc1. The summed E-state index contributed by atoms with van der Waals surface area (Å²) in [7, 11) is 0. The fraction of sp³-hybridized carbons (Fsp3) is 0.0769. The van der Waals surface area contributed by atoms with Crippen LogP contribution in [0.3, 0.4) is 0 Å². The van der Waals surface area contributed by atoms with Gasteiger partial charge in [-0.25, -0.2) is 4.79 Å². The molecule has 3 N–H and O–H groups in total. The highest BCUT2D eigenvalue weighted by atomic mass is 35.5. The van der Waals surface area contributed by atoms with E-state index in [1.807, 2.05) is 24.3 Å². The second kappa shape index (κ2) is 9.12. The van der Waals surface area contributed by atoms with Crippen LogP contribution in [-0.4, -0.2) is 22.1 Å². The highest BCUT2D eigenvalue weighted by Gasteiger charge is 2.12. The molecule has 0 atom stereocenters. The normalized spacial score (nSPS) is 10.8. The van der Waals surface area contributed by atoms with Crippen molar-refractivity contribution in [3.8, 4) is 5.75 Å². The molecule has 0 aliphatic carbocycles. The number of hydrogen-bond acceptors (Lipinski definition) is 3. The minimum atomic E-state index is -0.980. The van der Waals surface area contributed by atoms with Crippen LogP contribution in [0.25, 0.3) is 10.8 Å².